The number of fused-ring (bicyclic) bond motifs is 2. The maximum Gasteiger partial charge on any atom is 0.0877 e. The van der Waals surface area contributed by atoms with Crippen molar-refractivity contribution in [3.63, 3.8) is 0 Å². The molecule has 19 heavy (non-hydrogen) atoms. The fourth-order valence-electron chi connectivity index (χ4n) is 3.22. The average molecular weight is 258 g/mol. The molecule has 3 rings (SSSR count). The van der Waals surface area contributed by atoms with Gasteiger partial charge in [-0.15, -0.1) is 0 Å². The standard InChI is InChI=1S/C17H22O2/c1-13(14-5-3-2-4-6-14)12-18-10-9-15-11-16-7-8-17(15)19-16/h2-6,12,15-17H,7-11H2,1H3/b13-12-. The van der Waals surface area contributed by atoms with Crippen molar-refractivity contribution >= 4 is 5.57 Å². The number of ether oxygens (including phenoxy) is 2. The molecule has 2 nitrogen and oxygen atoms in total. The van der Waals surface area contributed by atoms with Crippen molar-refractivity contribution in [2.75, 3.05) is 6.61 Å². The smallest absolute Gasteiger partial charge is 0.0877 e. The van der Waals surface area contributed by atoms with E-state index >= 15 is 0 Å². The molecule has 0 aliphatic carbocycles. The summed E-state index contributed by atoms with van der Waals surface area (Å²) in [6, 6.07) is 10.4. The van der Waals surface area contributed by atoms with Crippen LogP contribution in [-0.4, -0.2) is 18.8 Å². The van der Waals surface area contributed by atoms with Gasteiger partial charge in [-0.3, -0.25) is 0 Å². The Bertz CT molecular complexity index is 438. The molecule has 3 unspecified atom stereocenters. The normalized spacial score (nSPS) is 29.7. The molecule has 2 bridgehead atoms. The van der Waals surface area contributed by atoms with Crippen molar-refractivity contribution in [2.24, 2.45) is 5.92 Å². The third kappa shape index (κ3) is 3.01. The summed E-state index contributed by atoms with van der Waals surface area (Å²) in [5.41, 5.74) is 2.41. The second-order valence-corrected chi connectivity index (χ2v) is 5.70. The van der Waals surface area contributed by atoms with E-state index in [1.807, 2.05) is 12.3 Å². The van der Waals surface area contributed by atoms with Crippen LogP contribution in [0.5, 0.6) is 0 Å². The number of benzene rings is 1. The van der Waals surface area contributed by atoms with Crippen molar-refractivity contribution in [2.45, 2.75) is 44.8 Å². The van der Waals surface area contributed by atoms with Crippen LogP contribution in [0.1, 0.15) is 38.2 Å². The van der Waals surface area contributed by atoms with Gasteiger partial charge in [-0.05, 0) is 49.7 Å². The van der Waals surface area contributed by atoms with E-state index in [4.69, 9.17) is 9.47 Å². The highest BCUT2D eigenvalue weighted by Crippen LogP contribution is 2.40. The average Bonchev–Trinajstić information content (AvgIpc) is 3.07. The summed E-state index contributed by atoms with van der Waals surface area (Å²) >= 11 is 0. The Labute approximate surface area is 115 Å². The Balaban J connectivity index is 1.43. The highest BCUT2D eigenvalue weighted by molar-refractivity contribution is 5.62. The van der Waals surface area contributed by atoms with Crippen molar-refractivity contribution in [1.82, 2.24) is 0 Å². The largest absolute Gasteiger partial charge is 0.501 e. The predicted molar refractivity (Wildman–Crippen MR) is 76.7 cm³/mol. The van der Waals surface area contributed by atoms with Gasteiger partial charge in [0.15, 0.2) is 0 Å². The highest BCUT2D eigenvalue weighted by Gasteiger charge is 2.40. The molecule has 2 heteroatoms. The Hall–Kier alpha value is -1.28. The van der Waals surface area contributed by atoms with E-state index in [-0.39, 0.29) is 0 Å². The van der Waals surface area contributed by atoms with E-state index in [0.717, 1.165) is 18.9 Å². The molecule has 0 amide bonds. The molecule has 0 radical (unpaired) electrons. The lowest BCUT2D eigenvalue weighted by Crippen LogP contribution is -2.17. The molecule has 2 aliphatic heterocycles. The lowest BCUT2D eigenvalue weighted by Gasteiger charge is -2.17. The van der Waals surface area contributed by atoms with Crippen LogP contribution in [0.2, 0.25) is 0 Å². The first-order chi connectivity index (χ1) is 9.33. The van der Waals surface area contributed by atoms with Crippen molar-refractivity contribution in [3.05, 3.63) is 42.2 Å². The van der Waals surface area contributed by atoms with Crippen LogP contribution in [-0.2, 0) is 9.47 Å². The molecule has 3 atom stereocenters. The first-order valence-electron chi connectivity index (χ1n) is 7.32. The van der Waals surface area contributed by atoms with Gasteiger partial charge in [0.2, 0.25) is 0 Å². The topological polar surface area (TPSA) is 18.5 Å². The molecular formula is C17H22O2. The first kappa shape index (κ1) is 12.7. The van der Waals surface area contributed by atoms with E-state index in [1.54, 1.807) is 0 Å². The highest BCUT2D eigenvalue weighted by atomic mass is 16.5. The van der Waals surface area contributed by atoms with Gasteiger partial charge < -0.3 is 9.47 Å². The summed E-state index contributed by atoms with van der Waals surface area (Å²) in [6.45, 7) is 2.90. The molecule has 0 saturated carbocycles. The van der Waals surface area contributed by atoms with Crippen molar-refractivity contribution < 1.29 is 9.47 Å². The third-order valence-corrected chi connectivity index (χ3v) is 4.33. The van der Waals surface area contributed by atoms with Crippen LogP contribution in [0.25, 0.3) is 5.57 Å². The summed E-state index contributed by atoms with van der Waals surface area (Å²) in [5, 5.41) is 0. The van der Waals surface area contributed by atoms with E-state index in [9.17, 15) is 0 Å². The molecule has 102 valence electrons. The number of allylic oxidation sites excluding steroid dienone is 1. The molecule has 2 aliphatic rings. The maximum absolute atomic E-state index is 5.86. The summed E-state index contributed by atoms with van der Waals surface area (Å²) in [6.07, 6.45) is 7.87. The number of rotatable bonds is 5. The number of hydrogen-bond donors (Lipinski definition) is 0. The van der Waals surface area contributed by atoms with Crippen LogP contribution < -0.4 is 0 Å². The minimum absolute atomic E-state index is 0.521. The Morgan fingerprint density at radius 3 is 2.84 bits per heavy atom. The van der Waals surface area contributed by atoms with Gasteiger partial charge in [-0.2, -0.15) is 0 Å². The fraction of sp³-hybridized carbons (Fsp3) is 0.529. The molecule has 2 saturated heterocycles. The maximum atomic E-state index is 5.86. The Morgan fingerprint density at radius 1 is 1.32 bits per heavy atom. The second kappa shape index (κ2) is 5.79. The van der Waals surface area contributed by atoms with Crippen LogP contribution in [0, 0.1) is 5.92 Å². The second-order valence-electron chi connectivity index (χ2n) is 5.70. The van der Waals surface area contributed by atoms with E-state index in [1.165, 1.54) is 30.4 Å². The van der Waals surface area contributed by atoms with Crippen LogP contribution in [0.4, 0.5) is 0 Å². The minimum atomic E-state index is 0.521. The lowest BCUT2D eigenvalue weighted by atomic mass is 9.87. The molecule has 2 heterocycles. The number of hydrogen-bond acceptors (Lipinski definition) is 2. The Morgan fingerprint density at radius 2 is 2.16 bits per heavy atom. The molecule has 0 N–H and O–H groups in total. The van der Waals surface area contributed by atoms with Gasteiger partial charge in [-0.25, -0.2) is 0 Å². The van der Waals surface area contributed by atoms with Crippen LogP contribution >= 0.6 is 0 Å². The van der Waals surface area contributed by atoms with Gasteiger partial charge in [0, 0.05) is 0 Å². The summed E-state index contributed by atoms with van der Waals surface area (Å²) in [5.74, 6) is 0.726. The van der Waals surface area contributed by atoms with Gasteiger partial charge in [0.25, 0.3) is 0 Å². The quantitative estimate of drug-likeness (QED) is 0.586. The minimum Gasteiger partial charge on any atom is -0.501 e. The Kier molecular flexibility index (Phi) is 3.88. The van der Waals surface area contributed by atoms with Gasteiger partial charge in [0.1, 0.15) is 0 Å². The summed E-state index contributed by atoms with van der Waals surface area (Å²) < 4.78 is 11.6. The fourth-order valence-corrected chi connectivity index (χ4v) is 3.22. The molecule has 2 fully saturated rings. The zero-order chi connectivity index (χ0) is 13.1. The summed E-state index contributed by atoms with van der Waals surface area (Å²) in [4.78, 5) is 0. The van der Waals surface area contributed by atoms with Crippen molar-refractivity contribution in [3.8, 4) is 0 Å². The summed E-state index contributed by atoms with van der Waals surface area (Å²) in [7, 11) is 0. The zero-order valence-electron chi connectivity index (χ0n) is 11.5. The third-order valence-electron chi connectivity index (χ3n) is 4.33. The molecular weight excluding hydrogens is 236 g/mol. The van der Waals surface area contributed by atoms with E-state index in [0.29, 0.717) is 12.2 Å². The van der Waals surface area contributed by atoms with Gasteiger partial charge >= 0.3 is 0 Å². The predicted octanol–water partition coefficient (Wildman–Crippen LogP) is 4.02. The zero-order valence-corrected chi connectivity index (χ0v) is 11.5. The van der Waals surface area contributed by atoms with Gasteiger partial charge in [0.05, 0.1) is 25.1 Å². The molecule has 1 aromatic rings. The van der Waals surface area contributed by atoms with E-state index in [2.05, 4.69) is 31.2 Å². The van der Waals surface area contributed by atoms with Gasteiger partial charge in [-0.1, -0.05) is 30.3 Å². The molecule has 0 aromatic heterocycles. The molecule has 0 spiro atoms. The van der Waals surface area contributed by atoms with Crippen molar-refractivity contribution in [1.29, 1.82) is 0 Å². The van der Waals surface area contributed by atoms with Crippen LogP contribution in [0.15, 0.2) is 36.6 Å². The molecule has 1 aromatic carbocycles. The monoisotopic (exact) mass is 258 g/mol. The lowest BCUT2D eigenvalue weighted by molar-refractivity contribution is 0.0867. The first-order valence-corrected chi connectivity index (χ1v) is 7.32. The SMILES string of the molecule is C/C(=C/OCCC1CC2CCC1O2)c1ccccc1. The van der Waals surface area contributed by atoms with E-state index < -0.39 is 0 Å². The van der Waals surface area contributed by atoms with Crippen LogP contribution in [0.3, 0.4) is 0 Å².